The second-order valence-electron chi connectivity index (χ2n) is 4.88. The van der Waals surface area contributed by atoms with E-state index >= 15 is 0 Å². The molecule has 1 aliphatic carbocycles. The number of carbonyl (C=O) groups is 1. The molecule has 2 aromatic rings. The smallest absolute Gasteiger partial charge is 0.249 e. The third-order valence-electron chi connectivity index (χ3n) is 3.33. The highest BCUT2D eigenvalue weighted by Crippen LogP contribution is 2.42. The van der Waals surface area contributed by atoms with Crippen molar-refractivity contribution in [1.29, 1.82) is 0 Å². The van der Waals surface area contributed by atoms with E-state index in [1.165, 1.54) is 0 Å². The molecule has 0 unspecified atom stereocenters. The summed E-state index contributed by atoms with van der Waals surface area (Å²) in [6, 6.07) is 7.52. The average molecular weight is 265 g/mol. The van der Waals surface area contributed by atoms with Crippen LogP contribution < -0.4 is 5.32 Å². The van der Waals surface area contributed by atoms with Gasteiger partial charge in [0.2, 0.25) is 11.8 Å². The number of amides is 1. The van der Waals surface area contributed by atoms with Crippen LogP contribution in [0.5, 0.6) is 0 Å². The van der Waals surface area contributed by atoms with E-state index in [0.29, 0.717) is 5.82 Å². The van der Waals surface area contributed by atoms with Gasteiger partial charge in [0.05, 0.1) is 17.6 Å². The van der Waals surface area contributed by atoms with E-state index in [0.717, 1.165) is 11.0 Å². The fraction of sp³-hybridized carbons (Fsp3) is 0.385. The van der Waals surface area contributed by atoms with Crippen molar-refractivity contribution in [2.24, 2.45) is 5.92 Å². The summed E-state index contributed by atoms with van der Waals surface area (Å²) < 4.78 is 25.3. The maximum absolute atomic E-state index is 12.7. The summed E-state index contributed by atoms with van der Waals surface area (Å²) in [5.41, 5.74) is 1.71. The molecule has 1 fully saturated rings. The van der Waals surface area contributed by atoms with Gasteiger partial charge in [-0.2, -0.15) is 0 Å². The minimum atomic E-state index is -2.67. The molecule has 1 aromatic carbocycles. The van der Waals surface area contributed by atoms with Crippen molar-refractivity contribution < 1.29 is 13.6 Å². The maximum atomic E-state index is 12.7. The molecular weight excluding hydrogens is 252 g/mol. The first-order valence-corrected chi connectivity index (χ1v) is 6.13. The van der Waals surface area contributed by atoms with Crippen molar-refractivity contribution >= 4 is 16.9 Å². The summed E-state index contributed by atoms with van der Waals surface area (Å²) in [6.07, 6.45) is -0.697. The Morgan fingerprint density at radius 1 is 1.42 bits per heavy atom. The normalized spacial score (nSPS) is 18.2. The summed E-state index contributed by atoms with van der Waals surface area (Å²) in [5.74, 6) is -2.94. The summed E-state index contributed by atoms with van der Waals surface area (Å²) in [6.45, 7) is 0.232. The number of nitrogens with one attached hydrogen (secondary N) is 2. The van der Waals surface area contributed by atoms with Gasteiger partial charge in [0, 0.05) is 18.8 Å². The topological polar surface area (TPSA) is 57.8 Å². The zero-order valence-corrected chi connectivity index (χ0v) is 10.1. The summed E-state index contributed by atoms with van der Waals surface area (Å²) >= 11 is 0. The monoisotopic (exact) mass is 265 g/mol. The molecule has 0 aliphatic heterocycles. The number of imidazole rings is 1. The molecule has 1 heterocycles. The predicted molar refractivity (Wildman–Crippen MR) is 65.6 cm³/mol. The highest BCUT2D eigenvalue weighted by Gasteiger charge is 2.48. The quantitative estimate of drug-likeness (QED) is 0.894. The van der Waals surface area contributed by atoms with Gasteiger partial charge in [0.25, 0.3) is 0 Å². The predicted octanol–water partition coefficient (Wildman–Crippen LogP) is 2.22. The van der Waals surface area contributed by atoms with Crippen LogP contribution in [-0.4, -0.2) is 21.8 Å². The molecule has 0 saturated heterocycles. The average Bonchev–Trinajstić information content (AvgIpc) is 2.75. The maximum Gasteiger partial charge on any atom is 0.249 e. The molecule has 0 radical (unpaired) electrons. The van der Waals surface area contributed by atoms with Crippen LogP contribution in [0, 0.1) is 5.92 Å². The Balaban J connectivity index is 1.59. The molecule has 1 aliphatic rings. The van der Waals surface area contributed by atoms with Crippen LogP contribution in [0.2, 0.25) is 0 Å². The fourth-order valence-electron chi connectivity index (χ4n) is 2.25. The number of para-hydroxylation sites is 2. The van der Waals surface area contributed by atoms with E-state index in [4.69, 9.17) is 0 Å². The molecular formula is C13H13F2N3O. The van der Waals surface area contributed by atoms with Crippen LogP contribution in [-0.2, 0) is 11.3 Å². The number of carbonyl (C=O) groups excluding carboxylic acids is 1. The number of H-pyrrole nitrogens is 1. The van der Waals surface area contributed by atoms with Crippen molar-refractivity contribution in [2.45, 2.75) is 25.3 Å². The number of hydrogen-bond donors (Lipinski definition) is 2. The van der Waals surface area contributed by atoms with Gasteiger partial charge in [-0.1, -0.05) is 12.1 Å². The van der Waals surface area contributed by atoms with E-state index in [1.807, 2.05) is 24.3 Å². The van der Waals surface area contributed by atoms with Gasteiger partial charge in [0.15, 0.2) is 0 Å². The van der Waals surface area contributed by atoms with Gasteiger partial charge in [-0.05, 0) is 12.1 Å². The fourth-order valence-corrected chi connectivity index (χ4v) is 2.25. The van der Waals surface area contributed by atoms with Crippen molar-refractivity contribution in [3.63, 3.8) is 0 Å². The van der Waals surface area contributed by atoms with Gasteiger partial charge in [-0.3, -0.25) is 4.79 Å². The molecule has 0 atom stereocenters. The lowest BCUT2D eigenvalue weighted by Crippen LogP contribution is -2.44. The Bertz CT molecular complexity index is 582. The lowest BCUT2D eigenvalue weighted by Gasteiger charge is -2.33. The molecule has 1 aromatic heterocycles. The molecule has 4 nitrogen and oxygen atoms in total. The van der Waals surface area contributed by atoms with Gasteiger partial charge in [-0.15, -0.1) is 0 Å². The van der Waals surface area contributed by atoms with E-state index < -0.39 is 11.8 Å². The second-order valence-corrected chi connectivity index (χ2v) is 4.88. The number of benzene rings is 1. The lowest BCUT2D eigenvalue weighted by molar-refractivity contribution is -0.150. The van der Waals surface area contributed by atoms with Gasteiger partial charge >= 0.3 is 0 Å². The number of aromatic nitrogens is 2. The third kappa shape index (κ3) is 2.43. The van der Waals surface area contributed by atoms with E-state index in [9.17, 15) is 13.6 Å². The van der Waals surface area contributed by atoms with Crippen LogP contribution in [0.4, 0.5) is 8.78 Å². The summed E-state index contributed by atoms with van der Waals surface area (Å²) in [4.78, 5) is 19.0. The Hall–Kier alpha value is -1.98. The highest BCUT2D eigenvalue weighted by molar-refractivity contribution is 5.80. The first kappa shape index (κ1) is 12.1. The Morgan fingerprint density at radius 2 is 2.16 bits per heavy atom. The van der Waals surface area contributed by atoms with Crippen molar-refractivity contribution in [3.8, 4) is 0 Å². The number of rotatable bonds is 3. The Kier molecular flexibility index (Phi) is 2.73. The molecule has 2 N–H and O–H groups in total. The molecule has 3 rings (SSSR count). The molecule has 0 bridgehead atoms. The van der Waals surface area contributed by atoms with E-state index in [-0.39, 0.29) is 25.3 Å². The highest BCUT2D eigenvalue weighted by atomic mass is 19.3. The number of fused-ring (bicyclic) bond motifs is 1. The van der Waals surface area contributed by atoms with Crippen molar-refractivity contribution in [3.05, 3.63) is 30.1 Å². The summed E-state index contributed by atoms with van der Waals surface area (Å²) in [5, 5.41) is 2.63. The number of halogens is 2. The lowest BCUT2D eigenvalue weighted by atomic mass is 9.81. The SMILES string of the molecule is O=C(NCc1nc2ccccc2[nH]1)C1CC(F)(F)C1. The number of aromatic amines is 1. The van der Waals surface area contributed by atoms with Gasteiger partial charge in [-0.25, -0.2) is 13.8 Å². The second kappa shape index (κ2) is 4.29. The van der Waals surface area contributed by atoms with E-state index in [2.05, 4.69) is 15.3 Å². The number of alkyl halides is 2. The minimum absolute atomic E-state index is 0.232. The van der Waals surface area contributed by atoms with E-state index in [1.54, 1.807) is 0 Å². The molecule has 19 heavy (non-hydrogen) atoms. The minimum Gasteiger partial charge on any atom is -0.349 e. The van der Waals surface area contributed by atoms with Crippen molar-refractivity contribution in [2.75, 3.05) is 0 Å². The number of nitrogens with zero attached hydrogens (tertiary/aromatic N) is 1. The molecule has 0 spiro atoms. The Labute approximate surface area is 108 Å². The molecule has 1 amide bonds. The van der Waals surface area contributed by atoms with Crippen LogP contribution >= 0.6 is 0 Å². The number of hydrogen-bond acceptors (Lipinski definition) is 2. The Morgan fingerprint density at radius 3 is 2.84 bits per heavy atom. The molecule has 100 valence electrons. The largest absolute Gasteiger partial charge is 0.349 e. The standard InChI is InChI=1S/C13H13F2N3O/c14-13(15)5-8(6-13)12(19)16-7-11-17-9-3-1-2-4-10(9)18-11/h1-4,8H,5-7H2,(H,16,19)(H,17,18). The first-order valence-electron chi connectivity index (χ1n) is 6.13. The van der Waals surface area contributed by atoms with Gasteiger partial charge < -0.3 is 10.3 Å². The van der Waals surface area contributed by atoms with Crippen molar-refractivity contribution in [1.82, 2.24) is 15.3 Å². The van der Waals surface area contributed by atoms with Gasteiger partial charge in [0.1, 0.15) is 5.82 Å². The molecule has 1 saturated carbocycles. The zero-order valence-electron chi connectivity index (χ0n) is 10.1. The summed E-state index contributed by atoms with van der Waals surface area (Å²) in [7, 11) is 0. The third-order valence-corrected chi connectivity index (χ3v) is 3.33. The van der Waals surface area contributed by atoms with Crippen LogP contribution in [0.3, 0.4) is 0 Å². The van der Waals surface area contributed by atoms with Crippen LogP contribution in [0.1, 0.15) is 18.7 Å². The zero-order chi connectivity index (χ0) is 13.5. The first-order chi connectivity index (χ1) is 9.03. The molecule has 6 heteroatoms. The van der Waals surface area contributed by atoms with Crippen LogP contribution in [0.15, 0.2) is 24.3 Å². The van der Waals surface area contributed by atoms with Crippen LogP contribution in [0.25, 0.3) is 11.0 Å².